The number of hydrogen-bond acceptors (Lipinski definition) is 14. The number of phenols is 1. The number of phenolic OH excluding ortho intramolecular Hbond substituents is 1. The number of aryl methyl sites for hydroxylation is 1. The van der Waals surface area contributed by atoms with Crippen molar-refractivity contribution in [3.05, 3.63) is 94.7 Å². The summed E-state index contributed by atoms with van der Waals surface area (Å²) in [6.45, 7) is 6.96. The molecule has 2 bridgehead atoms. The number of alkyl carbamates (subject to hydrolysis) is 1. The average Bonchev–Trinajstić information content (AvgIpc) is 4.09. The Morgan fingerprint density at radius 2 is 1.76 bits per heavy atom. The summed E-state index contributed by atoms with van der Waals surface area (Å²) in [6.07, 6.45) is 15.0. The summed E-state index contributed by atoms with van der Waals surface area (Å²) >= 11 is 0. The zero-order chi connectivity index (χ0) is 51.4. The molecule has 8 heterocycles. The van der Waals surface area contributed by atoms with E-state index in [0.717, 1.165) is 67.4 Å². The molecule has 0 saturated carbocycles. The van der Waals surface area contributed by atoms with Gasteiger partial charge in [-0.25, -0.2) is 13.6 Å². The van der Waals surface area contributed by atoms with Gasteiger partial charge in [0.05, 0.1) is 27.6 Å². The van der Waals surface area contributed by atoms with E-state index in [1.165, 1.54) is 30.5 Å². The number of fused-ring (bicyclic) bond motifs is 6. The molecular weight excluding hydrogens is 953 g/mol. The number of piperazine rings is 1. The van der Waals surface area contributed by atoms with Gasteiger partial charge in [-0.2, -0.15) is 9.97 Å². The fraction of sp³-hybridized carbons (Fsp3) is 0.418. The van der Waals surface area contributed by atoms with Gasteiger partial charge in [0.15, 0.2) is 5.82 Å². The standard InChI is InChI=1S/C55H55F2N9O8/c1-3-37-42(56)14-10-32-21-36(67)22-40(45(32)37)47-46(57)48-41(24-59-47)49(64-26-33-11-12-34(27-64)60-33)63-53(62-48)74-29-55-18-17-35(65(55)25-30(2)23-55)28-73-54(72)58-19-7-5-4-6-8-31-9-13-38-39(20-31)52(71)66(51(38)70)43-15-16-44(68)61-50(43)69/h1,9-10,13-14,20-22,24,33-35,43,60,67H,2,4-8,11-12,15-19,23,25-29H2,(H,58,72)(H,61,68,69)/t33?,34?,35-,43?,55-/m0/s1. The number of pyridine rings is 1. The van der Waals surface area contributed by atoms with Crippen molar-refractivity contribution >= 4 is 57.2 Å². The number of piperidine rings is 1. The van der Waals surface area contributed by atoms with E-state index in [9.17, 15) is 29.1 Å². The number of carbonyl (C=O) groups excluding carboxylic acids is 5. The first-order chi connectivity index (χ1) is 35.8. The highest BCUT2D eigenvalue weighted by atomic mass is 19.1. The van der Waals surface area contributed by atoms with Crippen LogP contribution in [0.25, 0.3) is 32.9 Å². The predicted octanol–water partition coefficient (Wildman–Crippen LogP) is 6.22. The van der Waals surface area contributed by atoms with Gasteiger partial charge < -0.3 is 30.1 Å². The first kappa shape index (κ1) is 48.7. The predicted molar refractivity (Wildman–Crippen MR) is 268 cm³/mol. The molecule has 3 unspecified atom stereocenters. The molecule has 5 amide bonds. The lowest BCUT2D eigenvalue weighted by Gasteiger charge is -2.35. The molecule has 2 aromatic heterocycles. The molecule has 74 heavy (non-hydrogen) atoms. The Hall–Kier alpha value is -7.56. The van der Waals surface area contributed by atoms with Gasteiger partial charge in [-0.1, -0.05) is 43.0 Å². The lowest BCUT2D eigenvalue weighted by atomic mass is 9.94. The molecule has 5 fully saturated rings. The minimum atomic E-state index is -1.01. The van der Waals surface area contributed by atoms with Crippen molar-refractivity contribution in [1.82, 2.24) is 40.7 Å². The van der Waals surface area contributed by atoms with Crippen LogP contribution in [-0.4, -0.2) is 129 Å². The van der Waals surface area contributed by atoms with Gasteiger partial charge in [-0.05, 0) is 99.1 Å². The number of aromatic hydroxyl groups is 1. The van der Waals surface area contributed by atoms with Gasteiger partial charge in [0.25, 0.3) is 11.8 Å². The van der Waals surface area contributed by atoms with Crippen LogP contribution >= 0.6 is 0 Å². The highest BCUT2D eigenvalue weighted by Gasteiger charge is 2.52. The monoisotopic (exact) mass is 1010 g/mol. The lowest BCUT2D eigenvalue weighted by molar-refractivity contribution is -0.136. The summed E-state index contributed by atoms with van der Waals surface area (Å²) in [7, 11) is 0. The van der Waals surface area contributed by atoms with Gasteiger partial charge in [0.2, 0.25) is 11.8 Å². The van der Waals surface area contributed by atoms with E-state index in [2.05, 4.69) is 48.2 Å². The average molecular weight is 1010 g/mol. The zero-order valence-corrected chi connectivity index (χ0v) is 40.7. The Morgan fingerprint density at radius 1 is 0.959 bits per heavy atom. The van der Waals surface area contributed by atoms with E-state index in [4.69, 9.17) is 20.9 Å². The topological polar surface area (TPSA) is 209 Å². The number of nitrogens with zero attached hydrogens (tertiary/aromatic N) is 6. The molecule has 17 nitrogen and oxygen atoms in total. The number of carbonyl (C=O) groups is 5. The summed E-state index contributed by atoms with van der Waals surface area (Å²) in [6, 6.07) is 9.96. The Labute approximate surface area is 425 Å². The van der Waals surface area contributed by atoms with Crippen molar-refractivity contribution in [2.24, 2.45) is 0 Å². The van der Waals surface area contributed by atoms with Crippen LogP contribution in [-0.2, 0) is 20.7 Å². The second-order valence-electron chi connectivity index (χ2n) is 20.5. The Bertz CT molecular complexity index is 3220. The van der Waals surface area contributed by atoms with E-state index in [-0.39, 0.29) is 94.8 Å². The third-order valence-electron chi connectivity index (χ3n) is 15.6. The Balaban J connectivity index is 0.705. The van der Waals surface area contributed by atoms with Gasteiger partial charge in [-0.15, -0.1) is 6.42 Å². The molecule has 11 rings (SSSR count). The second-order valence-corrected chi connectivity index (χ2v) is 20.5. The van der Waals surface area contributed by atoms with Gasteiger partial charge in [0, 0.05) is 67.9 Å². The van der Waals surface area contributed by atoms with Crippen LogP contribution in [0.15, 0.2) is 60.8 Å². The van der Waals surface area contributed by atoms with Gasteiger partial charge in [0.1, 0.15) is 47.9 Å². The number of amides is 5. The zero-order valence-electron chi connectivity index (χ0n) is 40.7. The molecule has 0 radical (unpaired) electrons. The number of anilines is 1. The van der Waals surface area contributed by atoms with Crippen molar-refractivity contribution < 1.29 is 47.3 Å². The molecule has 0 aliphatic carbocycles. The van der Waals surface area contributed by atoms with Crippen LogP contribution in [0.1, 0.15) is 102 Å². The van der Waals surface area contributed by atoms with Gasteiger partial charge in [-0.3, -0.25) is 39.3 Å². The maximum atomic E-state index is 17.2. The maximum Gasteiger partial charge on any atom is 0.407 e. The number of unbranched alkanes of at least 4 members (excludes halogenated alkanes) is 3. The molecule has 4 N–H and O–H groups in total. The Morgan fingerprint density at radius 3 is 2.55 bits per heavy atom. The molecule has 19 heteroatoms. The molecule has 382 valence electrons. The number of hydrogen-bond donors (Lipinski definition) is 4. The van der Waals surface area contributed by atoms with Crippen LogP contribution in [0.2, 0.25) is 0 Å². The maximum absolute atomic E-state index is 17.2. The van der Waals surface area contributed by atoms with Gasteiger partial charge >= 0.3 is 12.1 Å². The number of halogens is 2. The fourth-order valence-corrected chi connectivity index (χ4v) is 12.1. The summed E-state index contributed by atoms with van der Waals surface area (Å²) in [5.41, 5.74) is 1.78. The highest BCUT2D eigenvalue weighted by Crippen LogP contribution is 2.45. The van der Waals surface area contributed by atoms with Crippen molar-refractivity contribution in [2.75, 3.05) is 44.3 Å². The third-order valence-corrected chi connectivity index (χ3v) is 15.6. The molecule has 5 atom stereocenters. The number of imide groups is 2. The number of nitrogens with one attached hydrogen (secondary N) is 3. The van der Waals surface area contributed by atoms with Crippen molar-refractivity contribution in [3.8, 4) is 35.4 Å². The number of ether oxygens (including phenoxy) is 2. The largest absolute Gasteiger partial charge is 0.508 e. The first-order valence-corrected chi connectivity index (χ1v) is 25.4. The van der Waals surface area contributed by atoms with Crippen LogP contribution in [0.3, 0.4) is 0 Å². The lowest BCUT2D eigenvalue weighted by Crippen LogP contribution is -2.54. The third kappa shape index (κ3) is 9.03. The quantitative estimate of drug-likeness (QED) is 0.0398. The van der Waals surface area contributed by atoms with E-state index < -0.39 is 52.9 Å². The summed E-state index contributed by atoms with van der Waals surface area (Å²) < 4.78 is 44.6. The minimum Gasteiger partial charge on any atom is -0.508 e. The van der Waals surface area contributed by atoms with E-state index >= 15 is 8.78 Å². The number of benzene rings is 3. The number of terminal acetylenes is 1. The van der Waals surface area contributed by atoms with Crippen LogP contribution in [0, 0.1) is 24.0 Å². The van der Waals surface area contributed by atoms with Crippen LogP contribution in [0.4, 0.5) is 19.4 Å². The fourth-order valence-electron chi connectivity index (χ4n) is 12.1. The smallest absolute Gasteiger partial charge is 0.407 e. The molecule has 6 aliphatic heterocycles. The van der Waals surface area contributed by atoms with Crippen LogP contribution in [0.5, 0.6) is 11.8 Å². The normalized spacial score (nSPS) is 23.4. The molecular formula is C55H55F2N9O8. The van der Waals surface area contributed by atoms with E-state index in [0.29, 0.717) is 55.6 Å². The summed E-state index contributed by atoms with van der Waals surface area (Å²) in [5, 5.41) is 20.5. The Kier molecular flexibility index (Phi) is 13.0. The van der Waals surface area contributed by atoms with E-state index in [1.54, 1.807) is 12.1 Å². The molecule has 5 aromatic rings. The summed E-state index contributed by atoms with van der Waals surface area (Å²) in [4.78, 5) is 82.7. The first-order valence-electron chi connectivity index (χ1n) is 25.4. The molecule has 5 saturated heterocycles. The van der Waals surface area contributed by atoms with E-state index in [1.807, 2.05) is 6.07 Å². The minimum absolute atomic E-state index is 0.0195. The number of aromatic nitrogens is 3. The van der Waals surface area contributed by atoms with Crippen LogP contribution < -0.4 is 25.6 Å². The molecule has 3 aromatic carbocycles. The van der Waals surface area contributed by atoms with Crippen molar-refractivity contribution in [1.29, 1.82) is 0 Å². The van der Waals surface area contributed by atoms with Crippen molar-refractivity contribution in [2.45, 2.75) is 107 Å². The molecule has 0 spiro atoms. The number of rotatable bonds is 15. The SMILES string of the molecule is C#Cc1c(F)ccc2cc(O)cc(-c3ncc4c(N5CC6CCC(C5)N6)nc(OC[C@@]56CC[C@@H](COC(=O)NCCCCCCc7ccc8c(c7)C(=O)N(C7CCC(=O)NC7=O)C8=O)N5CC(=C)C6)nc4c3F)c12. The molecule has 6 aliphatic rings. The summed E-state index contributed by atoms with van der Waals surface area (Å²) in [5.74, 6) is -0.869. The second kappa shape index (κ2) is 19.7. The van der Waals surface area contributed by atoms with Crippen molar-refractivity contribution in [3.63, 3.8) is 0 Å². The highest BCUT2D eigenvalue weighted by molar-refractivity contribution is 6.23.